The van der Waals surface area contributed by atoms with Crippen LogP contribution in [0, 0.1) is 0 Å². The first-order chi connectivity index (χ1) is 10.6. The monoisotopic (exact) mass is 359 g/mol. The van der Waals surface area contributed by atoms with E-state index in [-0.39, 0.29) is 43.2 Å². The van der Waals surface area contributed by atoms with Crippen molar-refractivity contribution in [3.63, 3.8) is 0 Å². The minimum absolute atomic E-state index is 0. The summed E-state index contributed by atoms with van der Waals surface area (Å²) in [6.45, 7) is 0.286. The first kappa shape index (κ1) is 19.7. The van der Waals surface area contributed by atoms with E-state index in [0.717, 1.165) is 25.7 Å². The molecule has 1 aliphatic rings. The molecule has 0 aliphatic heterocycles. The molecule has 1 fully saturated rings. The summed E-state index contributed by atoms with van der Waals surface area (Å²) in [6, 6.07) is 5.12. The number of carbonyl (C=O) groups is 2. The largest absolute Gasteiger partial charge is 0.349 e. The molecule has 0 unspecified atom stereocenters. The molecule has 2 amide bonds. The third kappa shape index (κ3) is 6.01. The summed E-state index contributed by atoms with van der Waals surface area (Å²) in [5.41, 5.74) is 6.28. The summed E-state index contributed by atoms with van der Waals surface area (Å²) >= 11 is 6.11. The van der Waals surface area contributed by atoms with E-state index in [9.17, 15) is 9.59 Å². The summed E-state index contributed by atoms with van der Waals surface area (Å²) in [7, 11) is 0. The van der Waals surface area contributed by atoms with E-state index in [1.807, 2.05) is 0 Å². The molecule has 0 saturated heterocycles. The number of halogens is 2. The van der Waals surface area contributed by atoms with Gasteiger partial charge in [-0.3, -0.25) is 9.59 Å². The van der Waals surface area contributed by atoms with Crippen molar-refractivity contribution in [3.8, 4) is 0 Å². The number of amides is 2. The van der Waals surface area contributed by atoms with Crippen LogP contribution in [-0.2, 0) is 4.79 Å². The van der Waals surface area contributed by atoms with Gasteiger partial charge >= 0.3 is 0 Å². The summed E-state index contributed by atoms with van der Waals surface area (Å²) < 4.78 is 0. The van der Waals surface area contributed by atoms with Crippen LogP contribution in [0.15, 0.2) is 18.2 Å². The van der Waals surface area contributed by atoms with Crippen molar-refractivity contribution in [2.45, 2.75) is 44.6 Å². The Balaban J connectivity index is 0.00000264. The van der Waals surface area contributed by atoms with Gasteiger partial charge in [-0.05, 0) is 31.0 Å². The Morgan fingerprint density at radius 1 is 1.22 bits per heavy atom. The first-order valence-corrected chi connectivity index (χ1v) is 8.08. The molecule has 0 heterocycles. The van der Waals surface area contributed by atoms with Crippen LogP contribution in [0.1, 0.15) is 48.9 Å². The Morgan fingerprint density at radius 2 is 1.91 bits per heavy atom. The zero-order valence-corrected chi connectivity index (χ0v) is 14.5. The van der Waals surface area contributed by atoms with E-state index < -0.39 is 0 Å². The predicted octanol–water partition coefficient (Wildman–Crippen LogP) is 3.11. The van der Waals surface area contributed by atoms with Crippen LogP contribution in [0.4, 0.5) is 5.69 Å². The maximum Gasteiger partial charge on any atom is 0.253 e. The van der Waals surface area contributed by atoms with Gasteiger partial charge in [0.2, 0.25) is 5.91 Å². The normalized spacial score (nSPS) is 14.7. The van der Waals surface area contributed by atoms with Crippen LogP contribution in [0.5, 0.6) is 0 Å². The Hall–Kier alpha value is -1.30. The van der Waals surface area contributed by atoms with Crippen molar-refractivity contribution in [1.82, 2.24) is 5.32 Å². The Labute approximate surface area is 147 Å². The van der Waals surface area contributed by atoms with E-state index in [1.165, 1.54) is 6.42 Å². The molecule has 0 aromatic heterocycles. The molecular weight excluding hydrogens is 337 g/mol. The fraction of sp³-hybridized carbons (Fsp3) is 0.500. The standard InChI is InChI=1S/C16H22ClN3O2.ClH/c17-14-7-6-12(19-15(21)8-9-18)10-13(14)16(22)20-11-4-2-1-3-5-11;/h6-7,10-11H,1-5,8-9,18H2,(H,19,21)(H,20,22);1H. The fourth-order valence-corrected chi connectivity index (χ4v) is 2.85. The van der Waals surface area contributed by atoms with Gasteiger partial charge < -0.3 is 16.4 Å². The quantitative estimate of drug-likeness (QED) is 0.754. The van der Waals surface area contributed by atoms with Crippen LogP contribution in [0.3, 0.4) is 0 Å². The molecule has 7 heteroatoms. The van der Waals surface area contributed by atoms with Gasteiger partial charge in [-0.15, -0.1) is 12.4 Å². The summed E-state index contributed by atoms with van der Waals surface area (Å²) in [6.07, 6.45) is 5.79. The van der Waals surface area contributed by atoms with Gasteiger partial charge in [0.05, 0.1) is 10.6 Å². The Kier molecular flexibility index (Phi) is 8.37. The molecule has 23 heavy (non-hydrogen) atoms. The van der Waals surface area contributed by atoms with Crippen LogP contribution in [0.2, 0.25) is 5.02 Å². The molecule has 0 atom stereocenters. The maximum absolute atomic E-state index is 12.4. The molecule has 1 saturated carbocycles. The number of nitrogens with two attached hydrogens (primary N) is 1. The third-order valence-corrected chi connectivity index (χ3v) is 4.14. The number of nitrogens with one attached hydrogen (secondary N) is 2. The lowest BCUT2D eigenvalue weighted by Crippen LogP contribution is -2.36. The van der Waals surface area contributed by atoms with Gasteiger partial charge in [-0.2, -0.15) is 0 Å². The highest BCUT2D eigenvalue weighted by Gasteiger charge is 2.18. The molecule has 5 nitrogen and oxygen atoms in total. The van der Waals surface area contributed by atoms with E-state index in [4.69, 9.17) is 17.3 Å². The molecule has 1 aromatic carbocycles. The summed E-state index contributed by atoms with van der Waals surface area (Å²) in [5.74, 6) is -0.365. The van der Waals surface area contributed by atoms with E-state index >= 15 is 0 Å². The number of benzene rings is 1. The van der Waals surface area contributed by atoms with Gasteiger partial charge in [-0.1, -0.05) is 30.9 Å². The van der Waals surface area contributed by atoms with Crippen LogP contribution < -0.4 is 16.4 Å². The van der Waals surface area contributed by atoms with Gasteiger partial charge in [0.15, 0.2) is 0 Å². The topological polar surface area (TPSA) is 84.2 Å². The number of carbonyl (C=O) groups excluding carboxylic acids is 2. The molecular formula is C16H23Cl2N3O2. The minimum atomic E-state index is -0.188. The summed E-state index contributed by atoms with van der Waals surface area (Å²) in [4.78, 5) is 23.9. The van der Waals surface area contributed by atoms with E-state index in [2.05, 4.69) is 10.6 Å². The average Bonchev–Trinajstić information content (AvgIpc) is 2.50. The predicted molar refractivity (Wildman–Crippen MR) is 95.3 cm³/mol. The zero-order chi connectivity index (χ0) is 15.9. The highest BCUT2D eigenvalue weighted by Crippen LogP contribution is 2.22. The molecule has 2 rings (SSSR count). The van der Waals surface area contributed by atoms with Crippen molar-refractivity contribution in [2.75, 3.05) is 11.9 Å². The lowest BCUT2D eigenvalue weighted by Gasteiger charge is -2.23. The molecule has 1 aliphatic carbocycles. The highest BCUT2D eigenvalue weighted by molar-refractivity contribution is 6.34. The lowest BCUT2D eigenvalue weighted by molar-refractivity contribution is -0.116. The minimum Gasteiger partial charge on any atom is -0.349 e. The second kappa shape index (κ2) is 9.75. The number of hydrogen-bond donors (Lipinski definition) is 3. The molecule has 4 N–H and O–H groups in total. The first-order valence-electron chi connectivity index (χ1n) is 7.70. The molecule has 0 spiro atoms. The van der Waals surface area contributed by atoms with Crippen molar-refractivity contribution in [2.24, 2.45) is 5.73 Å². The second-order valence-corrected chi connectivity index (χ2v) is 6.00. The van der Waals surface area contributed by atoms with Crippen molar-refractivity contribution >= 4 is 41.5 Å². The van der Waals surface area contributed by atoms with Gasteiger partial charge in [0, 0.05) is 24.7 Å². The second-order valence-electron chi connectivity index (χ2n) is 5.59. The van der Waals surface area contributed by atoms with E-state index in [0.29, 0.717) is 16.3 Å². The Bertz CT molecular complexity index is 546. The molecule has 128 valence electrons. The van der Waals surface area contributed by atoms with Gasteiger partial charge in [-0.25, -0.2) is 0 Å². The van der Waals surface area contributed by atoms with E-state index in [1.54, 1.807) is 18.2 Å². The zero-order valence-electron chi connectivity index (χ0n) is 12.9. The van der Waals surface area contributed by atoms with Crippen molar-refractivity contribution in [3.05, 3.63) is 28.8 Å². The smallest absolute Gasteiger partial charge is 0.253 e. The molecule has 0 bridgehead atoms. The lowest BCUT2D eigenvalue weighted by atomic mass is 9.95. The maximum atomic E-state index is 12.4. The van der Waals surface area contributed by atoms with Gasteiger partial charge in [0.1, 0.15) is 0 Å². The van der Waals surface area contributed by atoms with Gasteiger partial charge in [0.25, 0.3) is 5.91 Å². The SMILES string of the molecule is Cl.NCCC(=O)Nc1ccc(Cl)c(C(=O)NC2CCCCC2)c1. The molecule has 0 radical (unpaired) electrons. The number of hydrogen-bond acceptors (Lipinski definition) is 3. The third-order valence-electron chi connectivity index (χ3n) is 3.81. The average molecular weight is 360 g/mol. The fourth-order valence-electron chi connectivity index (χ4n) is 2.64. The van der Waals surface area contributed by atoms with Crippen LogP contribution in [-0.4, -0.2) is 24.4 Å². The number of anilines is 1. The number of rotatable bonds is 5. The summed E-state index contributed by atoms with van der Waals surface area (Å²) in [5, 5.41) is 6.12. The highest BCUT2D eigenvalue weighted by atomic mass is 35.5. The van der Waals surface area contributed by atoms with Crippen LogP contribution in [0.25, 0.3) is 0 Å². The Morgan fingerprint density at radius 3 is 2.57 bits per heavy atom. The van der Waals surface area contributed by atoms with Crippen molar-refractivity contribution in [1.29, 1.82) is 0 Å². The van der Waals surface area contributed by atoms with Crippen molar-refractivity contribution < 1.29 is 9.59 Å². The van der Waals surface area contributed by atoms with Crippen LogP contribution >= 0.6 is 24.0 Å². The molecule has 1 aromatic rings.